The molecular weight excluding hydrogens is 448 g/mol. The second-order valence-corrected chi connectivity index (χ2v) is 8.63. The van der Waals surface area contributed by atoms with E-state index < -0.39 is 23.3 Å². The number of hydrogen-bond donors (Lipinski definition) is 2. The summed E-state index contributed by atoms with van der Waals surface area (Å²) in [4.78, 5) is 41.3. The number of anilines is 2. The van der Waals surface area contributed by atoms with E-state index in [1.54, 1.807) is 12.1 Å². The summed E-state index contributed by atoms with van der Waals surface area (Å²) in [6.07, 6.45) is 3.22. The van der Waals surface area contributed by atoms with Crippen LogP contribution in [-0.4, -0.2) is 31.8 Å². The minimum Gasteiger partial charge on any atom is -0.494 e. The lowest BCUT2D eigenvalue weighted by molar-refractivity contribution is -0.141. The summed E-state index contributed by atoms with van der Waals surface area (Å²) >= 11 is 0. The van der Waals surface area contributed by atoms with Crippen LogP contribution in [0.25, 0.3) is 0 Å². The van der Waals surface area contributed by atoms with Gasteiger partial charge in [0.25, 0.3) is 0 Å². The van der Waals surface area contributed by atoms with Gasteiger partial charge in [-0.3, -0.25) is 9.36 Å². The lowest BCUT2D eigenvalue weighted by atomic mass is 10.1. The summed E-state index contributed by atoms with van der Waals surface area (Å²) in [5.41, 5.74) is 1.12. The zero-order valence-electron chi connectivity index (χ0n) is 20.4. The second kappa shape index (κ2) is 12.0. The first-order chi connectivity index (χ1) is 16.8. The van der Waals surface area contributed by atoms with Gasteiger partial charge in [-0.2, -0.15) is 4.98 Å². The van der Waals surface area contributed by atoms with Gasteiger partial charge in [-0.25, -0.2) is 14.2 Å². The highest BCUT2D eigenvalue weighted by Gasteiger charge is 2.19. The summed E-state index contributed by atoms with van der Waals surface area (Å²) in [6, 6.07) is 14.9. The number of hydrogen-bond acceptors (Lipinski definition) is 6. The van der Waals surface area contributed by atoms with Crippen LogP contribution in [0.15, 0.2) is 58.1 Å². The molecular formula is C26H32N4O5. The summed E-state index contributed by atoms with van der Waals surface area (Å²) in [5.74, 6) is -1.20. The van der Waals surface area contributed by atoms with Crippen molar-refractivity contribution in [3.8, 4) is 5.75 Å². The molecule has 2 N–H and O–H groups in total. The van der Waals surface area contributed by atoms with Gasteiger partial charge in [0.15, 0.2) is 0 Å². The highest BCUT2D eigenvalue weighted by atomic mass is 16.5. The van der Waals surface area contributed by atoms with Crippen molar-refractivity contribution < 1.29 is 14.6 Å². The number of nitrogens with one attached hydrogen (secondary N) is 1. The van der Waals surface area contributed by atoms with Crippen molar-refractivity contribution in [2.75, 3.05) is 11.9 Å². The molecule has 9 nitrogen and oxygen atoms in total. The number of carbonyl (C=O) groups is 1. The Bertz CT molecular complexity index is 1250. The fourth-order valence-electron chi connectivity index (χ4n) is 3.46. The number of ether oxygens (including phenoxy) is 1. The summed E-state index contributed by atoms with van der Waals surface area (Å²) in [7, 11) is 0. The summed E-state index contributed by atoms with van der Waals surface area (Å²) < 4.78 is 7.95. The predicted molar refractivity (Wildman–Crippen MR) is 135 cm³/mol. The van der Waals surface area contributed by atoms with E-state index in [-0.39, 0.29) is 19.0 Å². The maximum Gasteiger partial charge on any atom is 0.354 e. The Balaban J connectivity index is 1.91. The number of nitrogens with zero attached hydrogens (tertiary/aromatic N) is 3. The number of aromatic nitrogens is 3. The lowest BCUT2D eigenvalue weighted by Crippen LogP contribution is -2.44. The Labute approximate surface area is 204 Å². The first kappa shape index (κ1) is 25.7. The van der Waals surface area contributed by atoms with E-state index in [4.69, 9.17) is 4.74 Å². The number of unbranched alkanes of at least 4 members (excludes halogenated alkanes) is 2. The average Bonchev–Trinajstić information content (AvgIpc) is 2.84. The van der Waals surface area contributed by atoms with Crippen LogP contribution in [-0.2, 0) is 17.9 Å². The van der Waals surface area contributed by atoms with E-state index >= 15 is 0 Å². The molecule has 0 aliphatic rings. The Kier molecular flexibility index (Phi) is 8.83. The summed E-state index contributed by atoms with van der Waals surface area (Å²) in [5, 5.41) is 12.3. The highest BCUT2D eigenvalue weighted by Crippen LogP contribution is 2.19. The quantitative estimate of drug-likeness (QED) is 0.379. The largest absolute Gasteiger partial charge is 0.494 e. The van der Waals surface area contributed by atoms with Crippen LogP contribution in [0.4, 0.5) is 11.6 Å². The van der Waals surface area contributed by atoms with Crippen LogP contribution < -0.4 is 21.4 Å². The van der Waals surface area contributed by atoms with Crippen LogP contribution in [0.3, 0.4) is 0 Å². The van der Waals surface area contributed by atoms with Gasteiger partial charge >= 0.3 is 17.3 Å². The molecule has 1 aromatic heterocycles. The standard InChI is InChI=1S/C26H32N4O5/c1-4-5-6-15-35-22-13-11-21(12-14-22)27-24-28-25(33)30(16-19(3)23(31)32)26(34)29(24)17-20-9-7-18(2)8-10-20/h7-14,19H,4-6,15-17H2,1-3H3,(H,31,32)(H,27,28,33)/t19-/m0/s1. The lowest BCUT2D eigenvalue weighted by Gasteiger charge is -2.17. The number of carboxylic acid groups (broad SMARTS) is 1. The molecule has 0 unspecified atom stereocenters. The van der Waals surface area contributed by atoms with E-state index in [9.17, 15) is 19.5 Å². The molecule has 0 saturated carbocycles. The van der Waals surface area contributed by atoms with E-state index in [2.05, 4.69) is 17.2 Å². The van der Waals surface area contributed by atoms with Gasteiger partial charge in [-0.15, -0.1) is 0 Å². The van der Waals surface area contributed by atoms with Gasteiger partial charge in [-0.1, -0.05) is 56.5 Å². The van der Waals surface area contributed by atoms with Crippen molar-refractivity contribution in [1.82, 2.24) is 14.1 Å². The molecule has 0 saturated heterocycles. The van der Waals surface area contributed by atoms with Crippen molar-refractivity contribution >= 4 is 17.6 Å². The molecule has 3 aromatic rings. The van der Waals surface area contributed by atoms with Gasteiger partial charge in [-0.05, 0) is 43.2 Å². The molecule has 2 aromatic carbocycles. The molecule has 0 aliphatic heterocycles. The maximum absolute atomic E-state index is 13.3. The number of rotatable bonds is 12. The molecule has 186 valence electrons. The van der Waals surface area contributed by atoms with Gasteiger partial charge in [0.05, 0.1) is 19.1 Å². The van der Waals surface area contributed by atoms with Crippen LogP contribution >= 0.6 is 0 Å². The minimum atomic E-state index is -1.10. The van der Waals surface area contributed by atoms with Crippen LogP contribution in [0.2, 0.25) is 0 Å². The van der Waals surface area contributed by atoms with Crippen molar-refractivity contribution in [3.05, 3.63) is 80.6 Å². The first-order valence-electron chi connectivity index (χ1n) is 11.8. The van der Waals surface area contributed by atoms with Crippen molar-refractivity contribution in [3.63, 3.8) is 0 Å². The predicted octanol–water partition coefficient (Wildman–Crippen LogP) is 3.80. The third-order valence-electron chi connectivity index (χ3n) is 5.62. The van der Waals surface area contributed by atoms with E-state index in [0.717, 1.165) is 40.7 Å². The third kappa shape index (κ3) is 7.05. The van der Waals surface area contributed by atoms with Crippen molar-refractivity contribution in [2.45, 2.75) is 53.1 Å². The molecule has 1 heterocycles. The van der Waals surface area contributed by atoms with Gasteiger partial charge in [0.2, 0.25) is 5.95 Å². The highest BCUT2D eigenvalue weighted by molar-refractivity contribution is 5.69. The topological polar surface area (TPSA) is 115 Å². The molecule has 0 bridgehead atoms. The van der Waals surface area contributed by atoms with Crippen molar-refractivity contribution in [2.24, 2.45) is 5.92 Å². The van der Waals surface area contributed by atoms with Crippen molar-refractivity contribution in [1.29, 1.82) is 0 Å². The molecule has 0 radical (unpaired) electrons. The van der Waals surface area contributed by atoms with Crippen LogP contribution in [0.1, 0.15) is 44.2 Å². The Morgan fingerprint density at radius 3 is 2.37 bits per heavy atom. The fourth-order valence-corrected chi connectivity index (χ4v) is 3.46. The SMILES string of the molecule is CCCCCOc1ccc(Nc2nc(=O)n(C[C@H](C)C(=O)O)c(=O)n2Cc2ccc(C)cc2)cc1. The van der Waals surface area contributed by atoms with E-state index in [1.807, 2.05) is 43.3 Å². The number of aryl methyl sites for hydroxylation is 1. The summed E-state index contributed by atoms with van der Waals surface area (Å²) in [6.45, 7) is 6.09. The zero-order valence-corrected chi connectivity index (χ0v) is 20.4. The smallest absolute Gasteiger partial charge is 0.354 e. The number of benzene rings is 2. The Morgan fingerprint density at radius 2 is 1.74 bits per heavy atom. The molecule has 0 amide bonds. The molecule has 0 spiro atoms. The molecule has 35 heavy (non-hydrogen) atoms. The van der Waals surface area contributed by atoms with Gasteiger partial charge in [0.1, 0.15) is 5.75 Å². The van der Waals surface area contributed by atoms with Gasteiger partial charge in [0, 0.05) is 12.2 Å². The van der Waals surface area contributed by atoms with Crippen LogP contribution in [0, 0.1) is 12.8 Å². The number of aliphatic carboxylic acids is 1. The molecule has 9 heteroatoms. The molecule has 1 atom stereocenters. The normalized spacial score (nSPS) is 11.7. The molecule has 0 aliphatic carbocycles. The third-order valence-corrected chi connectivity index (χ3v) is 5.62. The maximum atomic E-state index is 13.3. The molecule has 3 rings (SSSR count). The molecule has 0 fully saturated rings. The Morgan fingerprint density at radius 1 is 1.06 bits per heavy atom. The zero-order chi connectivity index (χ0) is 25.4. The van der Waals surface area contributed by atoms with E-state index in [1.165, 1.54) is 11.5 Å². The van der Waals surface area contributed by atoms with Gasteiger partial charge < -0.3 is 15.2 Å². The number of carboxylic acids is 1. The monoisotopic (exact) mass is 480 g/mol. The average molecular weight is 481 g/mol. The minimum absolute atomic E-state index is 0.0800. The van der Waals surface area contributed by atoms with E-state index in [0.29, 0.717) is 12.3 Å². The van der Waals surface area contributed by atoms with Crippen LogP contribution in [0.5, 0.6) is 5.75 Å². The first-order valence-corrected chi connectivity index (χ1v) is 11.8. The second-order valence-electron chi connectivity index (χ2n) is 8.63. The fraction of sp³-hybridized carbons (Fsp3) is 0.385. The Hall–Kier alpha value is -3.88.